The van der Waals surface area contributed by atoms with E-state index in [1.807, 2.05) is 13.0 Å². The molecular formula is C16H16ClFN2O. The summed E-state index contributed by atoms with van der Waals surface area (Å²) in [5, 5.41) is 3.48. The molecule has 0 spiro atoms. The number of hydrogen-bond acceptors (Lipinski definition) is 3. The highest BCUT2D eigenvalue weighted by Gasteiger charge is 2.20. The Labute approximate surface area is 128 Å². The summed E-state index contributed by atoms with van der Waals surface area (Å²) < 4.78 is 18.8. The minimum atomic E-state index is -0.463. The lowest BCUT2D eigenvalue weighted by Crippen LogP contribution is -2.15. The molecule has 0 radical (unpaired) electrons. The lowest BCUT2D eigenvalue weighted by Gasteiger charge is -2.10. The van der Waals surface area contributed by atoms with E-state index in [-0.39, 0.29) is 5.02 Å². The van der Waals surface area contributed by atoms with Gasteiger partial charge < -0.3 is 10.1 Å². The first-order valence-corrected chi connectivity index (χ1v) is 7.31. The van der Waals surface area contributed by atoms with Crippen molar-refractivity contribution in [2.24, 2.45) is 0 Å². The quantitative estimate of drug-likeness (QED) is 0.897. The van der Waals surface area contributed by atoms with Crippen molar-refractivity contribution in [1.29, 1.82) is 0 Å². The molecule has 1 heterocycles. The van der Waals surface area contributed by atoms with Crippen LogP contribution in [0, 0.1) is 12.7 Å². The number of pyridine rings is 1. The smallest absolute Gasteiger partial charge is 0.222 e. The Bertz CT molecular complexity index is 659. The van der Waals surface area contributed by atoms with E-state index in [0.29, 0.717) is 17.7 Å². The van der Waals surface area contributed by atoms with E-state index < -0.39 is 5.82 Å². The molecule has 1 N–H and O–H groups in total. The van der Waals surface area contributed by atoms with Crippen molar-refractivity contribution >= 4 is 11.6 Å². The van der Waals surface area contributed by atoms with Crippen LogP contribution in [0.1, 0.15) is 24.0 Å². The summed E-state index contributed by atoms with van der Waals surface area (Å²) in [5.41, 5.74) is 2.06. The first-order valence-electron chi connectivity index (χ1n) is 6.93. The van der Waals surface area contributed by atoms with Crippen molar-refractivity contribution in [2.45, 2.75) is 32.4 Å². The van der Waals surface area contributed by atoms with Crippen LogP contribution < -0.4 is 10.1 Å². The van der Waals surface area contributed by atoms with Gasteiger partial charge in [0.15, 0.2) is 0 Å². The van der Waals surface area contributed by atoms with Gasteiger partial charge in [-0.15, -0.1) is 0 Å². The number of nitrogens with one attached hydrogen (secondary N) is 1. The largest absolute Gasteiger partial charge is 0.439 e. The van der Waals surface area contributed by atoms with Crippen LogP contribution in [0.3, 0.4) is 0 Å². The molecule has 1 aliphatic carbocycles. The zero-order chi connectivity index (χ0) is 14.8. The van der Waals surface area contributed by atoms with Crippen molar-refractivity contribution < 1.29 is 9.13 Å². The number of nitrogens with zero attached hydrogens (tertiary/aromatic N) is 1. The standard InChI is InChI=1S/C16H16ClFN2O/c1-10-6-11(8-19-12-2-3-12)9-20-16(10)21-13-4-5-15(18)14(17)7-13/h4-7,9,12,19H,2-3,8H2,1H3. The fourth-order valence-corrected chi connectivity index (χ4v) is 2.20. The van der Waals surface area contributed by atoms with Gasteiger partial charge >= 0.3 is 0 Å². The van der Waals surface area contributed by atoms with Gasteiger partial charge in [-0.05, 0) is 43.5 Å². The molecule has 0 unspecified atom stereocenters. The lowest BCUT2D eigenvalue weighted by atomic mass is 10.2. The van der Waals surface area contributed by atoms with Crippen molar-refractivity contribution in [3.63, 3.8) is 0 Å². The highest BCUT2D eigenvalue weighted by atomic mass is 35.5. The Balaban J connectivity index is 1.70. The molecule has 21 heavy (non-hydrogen) atoms. The second kappa shape index (κ2) is 6.00. The van der Waals surface area contributed by atoms with Crippen LogP contribution in [0.25, 0.3) is 0 Å². The number of hydrogen-bond donors (Lipinski definition) is 1. The Morgan fingerprint density at radius 2 is 2.19 bits per heavy atom. The van der Waals surface area contributed by atoms with Crippen LogP contribution in [-0.4, -0.2) is 11.0 Å². The summed E-state index contributed by atoms with van der Waals surface area (Å²) in [6, 6.07) is 6.97. The summed E-state index contributed by atoms with van der Waals surface area (Å²) in [5.74, 6) is 0.517. The number of aromatic nitrogens is 1. The number of aryl methyl sites for hydroxylation is 1. The van der Waals surface area contributed by atoms with E-state index in [2.05, 4.69) is 10.3 Å². The Kier molecular flexibility index (Phi) is 4.08. The molecule has 3 rings (SSSR count). The summed E-state index contributed by atoms with van der Waals surface area (Å²) in [6.07, 6.45) is 4.32. The molecule has 0 saturated heterocycles. The van der Waals surface area contributed by atoms with Gasteiger partial charge in [0, 0.05) is 30.4 Å². The molecule has 3 nitrogen and oxygen atoms in total. The normalized spacial score (nSPS) is 14.2. The predicted molar refractivity (Wildman–Crippen MR) is 80.3 cm³/mol. The van der Waals surface area contributed by atoms with E-state index in [0.717, 1.165) is 17.7 Å². The molecule has 1 fully saturated rings. The maximum atomic E-state index is 13.1. The zero-order valence-electron chi connectivity index (χ0n) is 11.7. The van der Waals surface area contributed by atoms with Gasteiger partial charge in [0.05, 0.1) is 5.02 Å². The Morgan fingerprint density at radius 1 is 1.38 bits per heavy atom. The molecule has 0 amide bonds. The van der Waals surface area contributed by atoms with E-state index in [9.17, 15) is 4.39 Å². The molecule has 1 saturated carbocycles. The maximum Gasteiger partial charge on any atom is 0.222 e. The molecule has 110 valence electrons. The molecule has 0 bridgehead atoms. The monoisotopic (exact) mass is 306 g/mol. The summed E-state index contributed by atoms with van der Waals surface area (Å²) >= 11 is 5.74. The average molecular weight is 307 g/mol. The first-order chi connectivity index (χ1) is 10.1. The summed E-state index contributed by atoms with van der Waals surface area (Å²) in [6.45, 7) is 2.76. The van der Waals surface area contributed by atoms with Crippen LogP contribution in [0.4, 0.5) is 4.39 Å². The minimum absolute atomic E-state index is 0.0374. The average Bonchev–Trinajstić information content (AvgIpc) is 3.27. The van der Waals surface area contributed by atoms with Crippen molar-refractivity contribution in [2.75, 3.05) is 0 Å². The van der Waals surface area contributed by atoms with Gasteiger partial charge in [0.25, 0.3) is 0 Å². The van der Waals surface area contributed by atoms with Crippen LogP contribution in [0.15, 0.2) is 30.5 Å². The highest BCUT2D eigenvalue weighted by molar-refractivity contribution is 6.30. The molecule has 1 aromatic carbocycles. The van der Waals surface area contributed by atoms with E-state index in [1.165, 1.54) is 31.0 Å². The maximum absolute atomic E-state index is 13.1. The molecule has 0 aliphatic heterocycles. The van der Waals surface area contributed by atoms with Crippen LogP contribution in [0.2, 0.25) is 5.02 Å². The van der Waals surface area contributed by atoms with Gasteiger partial charge in [-0.1, -0.05) is 11.6 Å². The highest BCUT2D eigenvalue weighted by Crippen LogP contribution is 2.27. The van der Waals surface area contributed by atoms with Crippen molar-refractivity contribution in [3.05, 3.63) is 52.4 Å². The van der Waals surface area contributed by atoms with Gasteiger partial charge in [-0.3, -0.25) is 0 Å². The number of halogens is 2. The van der Waals surface area contributed by atoms with Crippen LogP contribution >= 0.6 is 11.6 Å². The fourth-order valence-electron chi connectivity index (χ4n) is 2.03. The SMILES string of the molecule is Cc1cc(CNC2CC2)cnc1Oc1ccc(F)c(Cl)c1. The second-order valence-corrected chi connectivity index (χ2v) is 5.71. The van der Waals surface area contributed by atoms with E-state index >= 15 is 0 Å². The van der Waals surface area contributed by atoms with Crippen molar-refractivity contribution in [1.82, 2.24) is 10.3 Å². The predicted octanol–water partition coefficient (Wildman–Crippen LogP) is 4.23. The fraction of sp³-hybridized carbons (Fsp3) is 0.312. The molecule has 0 atom stereocenters. The van der Waals surface area contributed by atoms with E-state index in [4.69, 9.17) is 16.3 Å². The number of ether oxygens (including phenoxy) is 1. The minimum Gasteiger partial charge on any atom is -0.439 e. The van der Waals surface area contributed by atoms with Gasteiger partial charge in [0.2, 0.25) is 5.88 Å². The topological polar surface area (TPSA) is 34.2 Å². The van der Waals surface area contributed by atoms with E-state index in [1.54, 1.807) is 6.20 Å². The van der Waals surface area contributed by atoms with Crippen LogP contribution in [-0.2, 0) is 6.54 Å². The third-order valence-corrected chi connectivity index (χ3v) is 3.65. The van der Waals surface area contributed by atoms with Gasteiger partial charge in [-0.2, -0.15) is 0 Å². The summed E-state index contributed by atoms with van der Waals surface area (Å²) in [7, 11) is 0. The number of rotatable bonds is 5. The third kappa shape index (κ3) is 3.71. The van der Waals surface area contributed by atoms with Gasteiger partial charge in [-0.25, -0.2) is 9.37 Å². The van der Waals surface area contributed by atoms with Crippen LogP contribution in [0.5, 0.6) is 11.6 Å². The molecule has 1 aromatic heterocycles. The number of benzene rings is 1. The first kappa shape index (κ1) is 14.3. The lowest BCUT2D eigenvalue weighted by molar-refractivity contribution is 0.456. The molecular weight excluding hydrogens is 291 g/mol. The van der Waals surface area contributed by atoms with Gasteiger partial charge in [0.1, 0.15) is 11.6 Å². The molecule has 1 aliphatic rings. The Morgan fingerprint density at radius 3 is 2.86 bits per heavy atom. The molecule has 5 heteroatoms. The molecule has 2 aromatic rings. The zero-order valence-corrected chi connectivity index (χ0v) is 12.5. The third-order valence-electron chi connectivity index (χ3n) is 3.36. The second-order valence-electron chi connectivity index (χ2n) is 5.30. The summed E-state index contributed by atoms with van der Waals surface area (Å²) in [4.78, 5) is 4.32. The Hall–Kier alpha value is -1.65. The van der Waals surface area contributed by atoms with Crippen molar-refractivity contribution in [3.8, 4) is 11.6 Å².